The number of nitrogens with one attached hydrogen (secondary N) is 1. The van der Waals surface area contributed by atoms with Gasteiger partial charge in [0.05, 0.1) is 0 Å². The van der Waals surface area contributed by atoms with Crippen LogP contribution in [0.15, 0.2) is 30.5 Å². The first kappa shape index (κ1) is 12.7. The van der Waals surface area contributed by atoms with Crippen molar-refractivity contribution >= 4 is 16.6 Å². The summed E-state index contributed by atoms with van der Waals surface area (Å²) in [6.45, 7) is 7.54. The predicted octanol–water partition coefficient (Wildman–Crippen LogP) is 3.64. The first-order chi connectivity index (χ1) is 8.58. The molecule has 0 aliphatic carbocycles. The maximum absolute atomic E-state index is 9.56. The summed E-state index contributed by atoms with van der Waals surface area (Å²) in [5, 5.41) is 15.0. The summed E-state index contributed by atoms with van der Waals surface area (Å²) < 4.78 is 0. The summed E-state index contributed by atoms with van der Waals surface area (Å²) in [6, 6.07) is 7.31. The van der Waals surface area contributed by atoms with Crippen LogP contribution in [-0.4, -0.2) is 16.6 Å². The largest absolute Gasteiger partial charge is 0.508 e. The number of anilines is 1. The number of nitrogens with zero attached hydrogens (tertiary/aromatic N) is 1. The lowest BCUT2D eigenvalue weighted by Crippen LogP contribution is -2.16. The van der Waals surface area contributed by atoms with Crippen LogP contribution in [0.25, 0.3) is 10.8 Å². The summed E-state index contributed by atoms with van der Waals surface area (Å²) in [6.07, 6.45) is 1.79. The van der Waals surface area contributed by atoms with Crippen LogP contribution in [0.1, 0.15) is 20.8 Å². The van der Waals surface area contributed by atoms with Gasteiger partial charge >= 0.3 is 0 Å². The Morgan fingerprint density at radius 3 is 2.72 bits per heavy atom. The number of hydrogen-bond donors (Lipinski definition) is 2. The highest BCUT2D eigenvalue weighted by molar-refractivity contribution is 5.92. The van der Waals surface area contributed by atoms with Crippen molar-refractivity contribution < 1.29 is 5.11 Å². The van der Waals surface area contributed by atoms with Crippen LogP contribution >= 0.6 is 0 Å². The Balaban J connectivity index is 2.25. The highest BCUT2D eigenvalue weighted by Crippen LogP contribution is 2.25. The first-order valence-corrected chi connectivity index (χ1v) is 6.39. The second kappa shape index (κ2) is 5.25. The molecule has 3 heteroatoms. The van der Waals surface area contributed by atoms with Crippen molar-refractivity contribution in [2.24, 2.45) is 11.8 Å². The van der Waals surface area contributed by atoms with Gasteiger partial charge in [-0.2, -0.15) is 0 Å². The van der Waals surface area contributed by atoms with E-state index in [2.05, 4.69) is 31.1 Å². The molecule has 0 saturated heterocycles. The number of fused-ring (bicyclic) bond motifs is 1. The van der Waals surface area contributed by atoms with E-state index in [4.69, 9.17) is 0 Å². The zero-order chi connectivity index (χ0) is 13.1. The van der Waals surface area contributed by atoms with Crippen molar-refractivity contribution in [3.8, 4) is 5.75 Å². The molecule has 1 aromatic heterocycles. The SMILES string of the molecule is CC(C)C(C)CNc1nccc2ccc(O)cc12. The van der Waals surface area contributed by atoms with Gasteiger partial charge in [0.25, 0.3) is 0 Å². The third-order valence-corrected chi connectivity index (χ3v) is 3.48. The van der Waals surface area contributed by atoms with Crippen molar-refractivity contribution in [2.75, 3.05) is 11.9 Å². The Kier molecular flexibility index (Phi) is 3.70. The van der Waals surface area contributed by atoms with Crippen LogP contribution in [0.3, 0.4) is 0 Å². The Morgan fingerprint density at radius 1 is 1.22 bits per heavy atom. The second-order valence-corrected chi connectivity index (χ2v) is 5.17. The molecule has 0 aliphatic heterocycles. The number of benzene rings is 1. The molecule has 18 heavy (non-hydrogen) atoms. The average molecular weight is 244 g/mol. The van der Waals surface area contributed by atoms with Gasteiger partial charge in [0.1, 0.15) is 11.6 Å². The van der Waals surface area contributed by atoms with Crippen LogP contribution in [0, 0.1) is 11.8 Å². The van der Waals surface area contributed by atoms with Gasteiger partial charge in [-0.05, 0) is 35.4 Å². The van der Waals surface area contributed by atoms with Crippen LogP contribution < -0.4 is 5.32 Å². The fourth-order valence-electron chi connectivity index (χ4n) is 1.79. The summed E-state index contributed by atoms with van der Waals surface area (Å²) in [5.41, 5.74) is 0. The van der Waals surface area contributed by atoms with E-state index in [0.717, 1.165) is 23.1 Å². The van der Waals surface area contributed by atoms with Gasteiger partial charge in [-0.25, -0.2) is 4.98 Å². The van der Waals surface area contributed by atoms with E-state index in [0.29, 0.717) is 11.8 Å². The summed E-state index contributed by atoms with van der Waals surface area (Å²) in [7, 11) is 0. The number of hydrogen-bond acceptors (Lipinski definition) is 3. The molecule has 1 aromatic carbocycles. The molecule has 0 bridgehead atoms. The van der Waals surface area contributed by atoms with Crippen molar-refractivity contribution in [1.82, 2.24) is 4.98 Å². The van der Waals surface area contributed by atoms with E-state index in [-0.39, 0.29) is 5.75 Å². The number of aromatic hydroxyl groups is 1. The lowest BCUT2D eigenvalue weighted by Gasteiger charge is -2.17. The number of phenols is 1. The first-order valence-electron chi connectivity index (χ1n) is 6.39. The van der Waals surface area contributed by atoms with Gasteiger partial charge in [0.15, 0.2) is 0 Å². The van der Waals surface area contributed by atoms with Crippen LogP contribution in [-0.2, 0) is 0 Å². The van der Waals surface area contributed by atoms with Gasteiger partial charge in [0.2, 0.25) is 0 Å². The summed E-state index contributed by atoms with van der Waals surface area (Å²) >= 11 is 0. The minimum absolute atomic E-state index is 0.274. The van der Waals surface area contributed by atoms with Crippen LogP contribution in [0.5, 0.6) is 5.75 Å². The molecule has 1 heterocycles. The lowest BCUT2D eigenvalue weighted by molar-refractivity contribution is 0.439. The van der Waals surface area contributed by atoms with Crippen molar-refractivity contribution in [3.63, 3.8) is 0 Å². The molecule has 96 valence electrons. The maximum atomic E-state index is 9.56. The minimum atomic E-state index is 0.274. The third-order valence-electron chi connectivity index (χ3n) is 3.48. The molecular formula is C15H20N2O. The number of rotatable bonds is 4. The highest BCUT2D eigenvalue weighted by Gasteiger charge is 2.08. The molecule has 2 N–H and O–H groups in total. The van der Waals surface area contributed by atoms with Crippen molar-refractivity contribution in [3.05, 3.63) is 30.5 Å². The van der Waals surface area contributed by atoms with E-state index >= 15 is 0 Å². The number of aromatic nitrogens is 1. The Labute approximate surface area is 108 Å². The molecule has 0 saturated carbocycles. The standard InChI is InChI=1S/C15H20N2O/c1-10(2)11(3)9-17-15-14-8-13(18)5-4-12(14)6-7-16-15/h4-8,10-11,18H,9H2,1-3H3,(H,16,17). The average Bonchev–Trinajstić information content (AvgIpc) is 2.35. The normalized spacial score (nSPS) is 12.9. The van der Waals surface area contributed by atoms with Gasteiger partial charge < -0.3 is 10.4 Å². The maximum Gasteiger partial charge on any atom is 0.133 e. The molecular weight excluding hydrogens is 224 g/mol. The van der Waals surface area contributed by atoms with Crippen LogP contribution in [0.2, 0.25) is 0 Å². The van der Waals surface area contributed by atoms with E-state index in [1.165, 1.54) is 0 Å². The molecule has 1 unspecified atom stereocenters. The van der Waals surface area contributed by atoms with Crippen LogP contribution in [0.4, 0.5) is 5.82 Å². The van der Waals surface area contributed by atoms with Gasteiger partial charge in [-0.3, -0.25) is 0 Å². The van der Waals surface area contributed by atoms with Crippen molar-refractivity contribution in [1.29, 1.82) is 0 Å². The Morgan fingerprint density at radius 2 is 2.00 bits per heavy atom. The van der Waals surface area contributed by atoms with Gasteiger partial charge in [-0.1, -0.05) is 26.8 Å². The van der Waals surface area contributed by atoms with E-state index in [1.807, 2.05) is 12.1 Å². The third kappa shape index (κ3) is 2.73. The zero-order valence-corrected chi connectivity index (χ0v) is 11.1. The molecule has 2 aromatic rings. The second-order valence-electron chi connectivity index (χ2n) is 5.17. The minimum Gasteiger partial charge on any atom is -0.508 e. The quantitative estimate of drug-likeness (QED) is 0.863. The smallest absolute Gasteiger partial charge is 0.133 e. The molecule has 0 spiro atoms. The Hall–Kier alpha value is -1.77. The molecule has 0 fully saturated rings. The number of phenolic OH excluding ortho intramolecular Hbond substituents is 1. The van der Waals surface area contributed by atoms with Gasteiger partial charge in [0, 0.05) is 18.1 Å². The molecule has 0 amide bonds. The zero-order valence-electron chi connectivity index (χ0n) is 11.1. The molecule has 0 radical (unpaired) electrons. The van der Waals surface area contributed by atoms with Gasteiger partial charge in [-0.15, -0.1) is 0 Å². The topological polar surface area (TPSA) is 45.2 Å². The molecule has 0 aliphatic rings. The Bertz CT molecular complexity index is 537. The van der Waals surface area contributed by atoms with E-state index < -0.39 is 0 Å². The molecule has 3 nitrogen and oxygen atoms in total. The summed E-state index contributed by atoms with van der Waals surface area (Å²) in [5.74, 6) is 2.34. The lowest BCUT2D eigenvalue weighted by atomic mass is 9.98. The molecule has 2 rings (SSSR count). The summed E-state index contributed by atoms with van der Waals surface area (Å²) in [4.78, 5) is 4.36. The fourth-order valence-corrected chi connectivity index (χ4v) is 1.79. The van der Waals surface area contributed by atoms with E-state index in [9.17, 15) is 5.11 Å². The predicted molar refractivity (Wildman–Crippen MR) is 75.9 cm³/mol. The number of pyridine rings is 1. The van der Waals surface area contributed by atoms with E-state index in [1.54, 1.807) is 18.3 Å². The molecule has 1 atom stereocenters. The monoisotopic (exact) mass is 244 g/mol. The highest BCUT2D eigenvalue weighted by atomic mass is 16.3. The van der Waals surface area contributed by atoms with Crippen molar-refractivity contribution in [2.45, 2.75) is 20.8 Å². The fraction of sp³-hybridized carbons (Fsp3) is 0.400.